The van der Waals surface area contributed by atoms with E-state index in [4.69, 9.17) is 0 Å². The summed E-state index contributed by atoms with van der Waals surface area (Å²) in [7, 11) is -2.96. The number of hydrogen-bond donors (Lipinski definition) is 0. The van der Waals surface area contributed by atoms with Gasteiger partial charge in [0.1, 0.15) is 15.7 Å². The number of amides is 1. The topological polar surface area (TPSA) is 57.7 Å². The van der Waals surface area contributed by atoms with Crippen molar-refractivity contribution in [2.75, 3.05) is 44.7 Å². The van der Waals surface area contributed by atoms with Crippen molar-refractivity contribution in [3.05, 3.63) is 41.7 Å². The molecule has 0 atom stereocenters. The van der Waals surface area contributed by atoms with Gasteiger partial charge in [-0.25, -0.2) is 12.8 Å². The number of rotatable bonds is 5. The number of nitrogens with zero attached hydrogens (tertiary/aromatic N) is 2. The average molecular weight is 354 g/mol. The van der Waals surface area contributed by atoms with Crippen molar-refractivity contribution in [3.63, 3.8) is 0 Å². The SMILES string of the molecule is CC(=CC(=O)N1CCN(CCS(C)(=O)=O)CC1)c1ccc(F)cc1. The summed E-state index contributed by atoms with van der Waals surface area (Å²) in [6.07, 6.45) is 2.80. The number of allylic oxidation sites excluding steroid dienone is 1. The van der Waals surface area contributed by atoms with Crippen LogP contribution in [0.2, 0.25) is 0 Å². The van der Waals surface area contributed by atoms with Crippen molar-refractivity contribution < 1.29 is 17.6 Å². The minimum Gasteiger partial charge on any atom is -0.337 e. The van der Waals surface area contributed by atoms with Crippen molar-refractivity contribution in [1.29, 1.82) is 0 Å². The van der Waals surface area contributed by atoms with Gasteiger partial charge in [-0.3, -0.25) is 9.69 Å². The number of benzene rings is 1. The van der Waals surface area contributed by atoms with E-state index in [0.29, 0.717) is 32.7 Å². The van der Waals surface area contributed by atoms with Crippen LogP contribution in [0.15, 0.2) is 30.3 Å². The van der Waals surface area contributed by atoms with E-state index < -0.39 is 9.84 Å². The lowest BCUT2D eigenvalue weighted by atomic mass is 10.1. The maximum Gasteiger partial charge on any atom is 0.246 e. The largest absolute Gasteiger partial charge is 0.337 e. The van der Waals surface area contributed by atoms with Gasteiger partial charge in [-0.2, -0.15) is 0 Å². The lowest BCUT2D eigenvalue weighted by Gasteiger charge is -2.34. The van der Waals surface area contributed by atoms with Gasteiger partial charge in [-0.05, 0) is 30.2 Å². The second kappa shape index (κ2) is 7.90. The molecule has 0 bridgehead atoms. The molecule has 24 heavy (non-hydrogen) atoms. The van der Waals surface area contributed by atoms with E-state index in [-0.39, 0.29) is 17.5 Å². The van der Waals surface area contributed by atoms with Gasteiger partial charge in [0.15, 0.2) is 0 Å². The van der Waals surface area contributed by atoms with E-state index in [1.54, 1.807) is 23.1 Å². The summed E-state index contributed by atoms with van der Waals surface area (Å²) in [5.74, 6) is -0.229. The van der Waals surface area contributed by atoms with Crippen LogP contribution < -0.4 is 0 Å². The monoisotopic (exact) mass is 354 g/mol. The van der Waals surface area contributed by atoms with Crippen LogP contribution in [-0.2, 0) is 14.6 Å². The molecule has 1 amide bonds. The fourth-order valence-electron chi connectivity index (χ4n) is 2.56. The van der Waals surface area contributed by atoms with Crippen LogP contribution in [0.5, 0.6) is 0 Å². The molecule has 0 saturated carbocycles. The number of halogens is 1. The molecule has 1 aliphatic heterocycles. The summed E-state index contributed by atoms with van der Waals surface area (Å²) in [6, 6.07) is 6.05. The van der Waals surface area contributed by atoms with Crippen molar-refractivity contribution in [2.24, 2.45) is 0 Å². The number of carbonyl (C=O) groups is 1. The van der Waals surface area contributed by atoms with Crippen LogP contribution >= 0.6 is 0 Å². The lowest BCUT2D eigenvalue weighted by Crippen LogP contribution is -2.49. The van der Waals surface area contributed by atoms with Crippen molar-refractivity contribution >= 4 is 21.3 Å². The van der Waals surface area contributed by atoms with Gasteiger partial charge in [0.25, 0.3) is 0 Å². The Morgan fingerprint density at radius 2 is 1.75 bits per heavy atom. The Morgan fingerprint density at radius 3 is 2.29 bits per heavy atom. The number of hydrogen-bond acceptors (Lipinski definition) is 4. The number of carbonyl (C=O) groups excluding carboxylic acids is 1. The third-order valence-corrected chi connectivity index (χ3v) is 5.03. The highest BCUT2D eigenvalue weighted by Gasteiger charge is 2.20. The molecule has 132 valence electrons. The van der Waals surface area contributed by atoms with Crippen molar-refractivity contribution in [1.82, 2.24) is 9.80 Å². The Bertz CT molecular complexity index is 706. The van der Waals surface area contributed by atoms with E-state index in [0.717, 1.165) is 11.1 Å². The quantitative estimate of drug-likeness (QED) is 0.751. The molecular weight excluding hydrogens is 331 g/mol. The van der Waals surface area contributed by atoms with Gasteiger partial charge in [0, 0.05) is 45.1 Å². The summed E-state index contributed by atoms with van der Waals surface area (Å²) in [4.78, 5) is 16.1. The second-order valence-corrected chi connectivity index (χ2v) is 8.39. The minimum atomic E-state index is -2.96. The van der Waals surface area contributed by atoms with Gasteiger partial charge in [0.05, 0.1) is 5.75 Å². The Morgan fingerprint density at radius 1 is 1.17 bits per heavy atom. The molecule has 0 spiro atoms. The van der Waals surface area contributed by atoms with Crippen LogP contribution in [0, 0.1) is 5.82 Å². The fourth-order valence-corrected chi connectivity index (χ4v) is 3.15. The molecule has 1 aromatic rings. The van der Waals surface area contributed by atoms with E-state index in [2.05, 4.69) is 4.90 Å². The third-order valence-electron chi connectivity index (χ3n) is 4.10. The molecule has 1 heterocycles. The molecule has 5 nitrogen and oxygen atoms in total. The predicted molar refractivity (Wildman–Crippen MR) is 92.8 cm³/mol. The molecule has 0 unspecified atom stereocenters. The van der Waals surface area contributed by atoms with Gasteiger partial charge >= 0.3 is 0 Å². The average Bonchev–Trinajstić information content (AvgIpc) is 2.53. The molecular formula is C17H23FN2O3S. The van der Waals surface area contributed by atoms with E-state index in [1.807, 2.05) is 6.92 Å². The highest BCUT2D eigenvalue weighted by atomic mass is 32.2. The Hall–Kier alpha value is -1.73. The normalized spacial score (nSPS) is 17.1. The van der Waals surface area contributed by atoms with Crippen LogP contribution in [0.25, 0.3) is 5.57 Å². The van der Waals surface area contributed by atoms with Crippen molar-refractivity contribution in [3.8, 4) is 0 Å². The van der Waals surface area contributed by atoms with Crippen LogP contribution in [0.4, 0.5) is 4.39 Å². The van der Waals surface area contributed by atoms with Crippen LogP contribution in [-0.4, -0.2) is 68.9 Å². The highest BCUT2D eigenvalue weighted by molar-refractivity contribution is 7.90. The van der Waals surface area contributed by atoms with E-state index in [1.165, 1.54) is 18.4 Å². The first kappa shape index (κ1) is 18.6. The first-order valence-corrected chi connectivity index (χ1v) is 9.94. The van der Waals surface area contributed by atoms with Crippen molar-refractivity contribution in [2.45, 2.75) is 6.92 Å². The molecule has 1 aliphatic rings. The summed E-state index contributed by atoms with van der Waals surface area (Å²) >= 11 is 0. The Balaban J connectivity index is 1.88. The van der Waals surface area contributed by atoms with Crippen LogP contribution in [0.3, 0.4) is 0 Å². The highest BCUT2D eigenvalue weighted by Crippen LogP contribution is 2.15. The predicted octanol–water partition coefficient (Wildman–Crippen LogP) is 1.42. The zero-order chi connectivity index (χ0) is 17.7. The fraction of sp³-hybridized carbons (Fsp3) is 0.471. The molecule has 0 radical (unpaired) electrons. The Labute approximate surface area is 142 Å². The first-order chi connectivity index (χ1) is 11.2. The summed E-state index contributed by atoms with van der Waals surface area (Å²) in [5, 5.41) is 0. The zero-order valence-electron chi connectivity index (χ0n) is 14.0. The molecule has 1 fully saturated rings. The van der Waals surface area contributed by atoms with E-state index >= 15 is 0 Å². The van der Waals surface area contributed by atoms with Gasteiger partial charge in [-0.1, -0.05) is 12.1 Å². The van der Waals surface area contributed by atoms with Gasteiger partial charge in [-0.15, -0.1) is 0 Å². The molecule has 2 rings (SSSR count). The standard InChI is InChI=1S/C17H23FN2O3S/c1-14(15-3-5-16(18)6-4-15)13-17(21)20-9-7-19(8-10-20)11-12-24(2,22)23/h3-6,13H,7-12H2,1-2H3. The Kier molecular flexibility index (Phi) is 6.12. The van der Waals surface area contributed by atoms with Gasteiger partial charge in [0.2, 0.25) is 5.91 Å². The summed E-state index contributed by atoms with van der Waals surface area (Å²) in [6.45, 7) is 4.83. The van der Waals surface area contributed by atoms with E-state index in [9.17, 15) is 17.6 Å². The maximum absolute atomic E-state index is 12.9. The van der Waals surface area contributed by atoms with Gasteiger partial charge < -0.3 is 4.90 Å². The summed E-state index contributed by atoms with van der Waals surface area (Å²) in [5.41, 5.74) is 1.61. The van der Waals surface area contributed by atoms with Crippen LogP contribution in [0.1, 0.15) is 12.5 Å². The smallest absolute Gasteiger partial charge is 0.246 e. The molecule has 7 heteroatoms. The molecule has 0 N–H and O–H groups in total. The zero-order valence-corrected chi connectivity index (χ0v) is 14.9. The first-order valence-electron chi connectivity index (χ1n) is 7.88. The third kappa shape index (κ3) is 5.72. The minimum absolute atomic E-state index is 0.0698. The molecule has 1 aromatic carbocycles. The number of sulfone groups is 1. The second-order valence-electron chi connectivity index (χ2n) is 6.13. The molecule has 0 aromatic heterocycles. The molecule has 1 saturated heterocycles. The maximum atomic E-state index is 12.9. The summed E-state index contributed by atoms with van der Waals surface area (Å²) < 4.78 is 35.3. The lowest BCUT2D eigenvalue weighted by molar-refractivity contribution is -0.127. The molecule has 0 aliphatic carbocycles. The number of piperazine rings is 1.